The Morgan fingerprint density at radius 1 is 1.47 bits per heavy atom. The van der Waals surface area contributed by atoms with Gasteiger partial charge in [0.2, 0.25) is 5.91 Å². The van der Waals surface area contributed by atoms with Crippen LogP contribution < -0.4 is 15.8 Å². The summed E-state index contributed by atoms with van der Waals surface area (Å²) in [5, 5.41) is 2.71. The summed E-state index contributed by atoms with van der Waals surface area (Å²) in [5.74, 6) is 0.469. The van der Waals surface area contributed by atoms with Crippen LogP contribution in [0.25, 0.3) is 0 Å². The lowest BCUT2D eigenvalue weighted by molar-refractivity contribution is -0.116. The van der Waals surface area contributed by atoms with Gasteiger partial charge in [0.15, 0.2) is 0 Å². The van der Waals surface area contributed by atoms with Gasteiger partial charge in [-0.15, -0.1) is 0 Å². The summed E-state index contributed by atoms with van der Waals surface area (Å²) in [6, 6.07) is 2.97. The first-order valence-electron chi connectivity index (χ1n) is 5.15. The quantitative estimate of drug-likeness (QED) is 0.825. The van der Waals surface area contributed by atoms with Gasteiger partial charge in [-0.05, 0) is 22.0 Å². The van der Waals surface area contributed by atoms with Crippen molar-refractivity contribution < 1.29 is 14.3 Å². The summed E-state index contributed by atoms with van der Waals surface area (Å²) in [4.78, 5) is 11.4. The maximum absolute atomic E-state index is 11.4. The van der Waals surface area contributed by atoms with Gasteiger partial charge in [0.05, 0.1) is 11.1 Å². The highest BCUT2D eigenvalue weighted by Gasteiger charge is 2.28. The number of hydrogen-bond acceptors (Lipinski definition) is 4. The minimum Gasteiger partial charge on any atom is -0.490 e. The molecular formula is C11H13BrN2O3. The number of benzene rings is 1. The topological polar surface area (TPSA) is 73.6 Å². The molecule has 0 aliphatic carbocycles. The molecule has 0 fully saturated rings. The van der Waals surface area contributed by atoms with Crippen LogP contribution in [0.15, 0.2) is 16.6 Å². The molecule has 2 rings (SSSR count). The van der Waals surface area contributed by atoms with Crippen LogP contribution in [0.3, 0.4) is 0 Å². The summed E-state index contributed by atoms with van der Waals surface area (Å²) < 4.78 is 11.2. The van der Waals surface area contributed by atoms with E-state index in [-0.39, 0.29) is 5.91 Å². The molecular weight excluding hydrogens is 288 g/mol. The maximum Gasteiger partial charge on any atom is 0.245 e. The Hall–Kier alpha value is -1.11. The first-order chi connectivity index (χ1) is 8.13. The van der Waals surface area contributed by atoms with Crippen molar-refractivity contribution in [1.29, 1.82) is 0 Å². The van der Waals surface area contributed by atoms with Crippen LogP contribution in [0.2, 0.25) is 0 Å². The van der Waals surface area contributed by atoms with Crippen molar-refractivity contribution in [2.45, 2.75) is 6.04 Å². The number of amides is 1. The fourth-order valence-electron chi connectivity index (χ4n) is 1.63. The van der Waals surface area contributed by atoms with Gasteiger partial charge in [-0.2, -0.15) is 0 Å². The third-order valence-corrected chi connectivity index (χ3v) is 3.14. The van der Waals surface area contributed by atoms with E-state index in [1.165, 1.54) is 0 Å². The van der Waals surface area contributed by atoms with E-state index in [9.17, 15) is 4.79 Å². The minimum absolute atomic E-state index is 0.194. The zero-order valence-electron chi connectivity index (χ0n) is 9.33. The van der Waals surface area contributed by atoms with Crippen LogP contribution >= 0.6 is 15.9 Å². The maximum atomic E-state index is 11.4. The molecule has 1 aliphatic heterocycles. The number of halogens is 1. The number of ether oxygens (including phenoxy) is 2. The lowest BCUT2D eigenvalue weighted by atomic mass is 10.1. The van der Waals surface area contributed by atoms with Gasteiger partial charge in [0.1, 0.15) is 18.4 Å². The second-order valence-electron chi connectivity index (χ2n) is 3.68. The summed E-state index contributed by atoms with van der Waals surface area (Å²) in [6.07, 6.45) is 0. The van der Waals surface area contributed by atoms with E-state index in [0.717, 1.165) is 10.0 Å². The number of nitrogens with two attached hydrogens (primary N) is 1. The molecule has 92 valence electrons. The van der Waals surface area contributed by atoms with Crippen LogP contribution in [0, 0.1) is 0 Å². The van der Waals surface area contributed by atoms with Crippen molar-refractivity contribution in [2.75, 3.05) is 25.6 Å². The molecule has 1 unspecified atom stereocenters. The number of carbonyl (C=O) groups is 1. The highest BCUT2D eigenvalue weighted by atomic mass is 79.9. The Bertz CT molecular complexity index is 451. The normalized spacial score (nSPS) is 17.8. The zero-order chi connectivity index (χ0) is 12.4. The largest absolute Gasteiger partial charge is 0.490 e. The summed E-state index contributed by atoms with van der Waals surface area (Å²) in [5.41, 5.74) is 7.22. The smallest absolute Gasteiger partial charge is 0.245 e. The van der Waals surface area contributed by atoms with E-state index in [1.54, 1.807) is 19.2 Å². The van der Waals surface area contributed by atoms with Gasteiger partial charge < -0.3 is 20.5 Å². The molecule has 5 nitrogen and oxygen atoms in total. The Balaban J connectivity index is 2.21. The molecule has 0 bridgehead atoms. The van der Waals surface area contributed by atoms with Gasteiger partial charge >= 0.3 is 0 Å². The van der Waals surface area contributed by atoms with Crippen LogP contribution in [0.1, 0.15) is 11.6 Å². The molecule has 1 atom stereocenters. The van der Waals surface area contributed by atoms with Crippen molar-refractivity contribution in [3.05, 3.63) is 22.2 Å². The number of carbonyl (C=O) groups excluding carboxylic acids is 1. The van der Waals surface area contributed by atoms with Crippen molar-refractivity contribution in [3.8, 4) is 5.75 Å². The SMILES string of the molecule is COCCOc1cc2c(cc1Br)C(N)C(=O)N2. The Morgan fingerprint density at radius 2 is 2.24 bits per heavy atom. The number of fused-ring (bicyclic) bond motifs is 1. The molecule has 1 aromatic carbocycles. The fourth-order valence-corrected chi connectivity index (χ4v) is 2.11. The second-order valence-corrected chi connectivity index (χ2v) is 4.53. The predicted molar refractivity (Wildman–Crippen MR) is 67.1 cm³/mol. The summed E-state index contributed by atoms with van der Waals surface area (Å²) in [6.45, 7) is 0.962. The van der Waals surface area contributed by atoms with E-state index in [1.807, 2.05) is 0 Å². The molecule has 3 N–H and O–H groups in total. The van der Waals surface area contributed by atoms with Gasteiger partial charge in [-0.25, -0.2) is 0 Å². The number of nitrogens with one attached hydrogen (secondary N) is 1. The van der Waals surface area contributed by atoms with E-state index in [2.05, 4.69) is 21.2 Å². The Kier molecular flexibility index (Phi) is 3.66. The lowest BCUT2D eigenvalue weighted by Gasteiger charge is -2.10. The van der Waals surface area contributed by atoms with E-state index in [4.69, 9.17) is 15.2 Å². The van der Waals surface area contributed by atoms with Crippen molar-refractivity contribution in [1.82, 2.24) is 0 Å². The monoisotopic (exact) mass is 300 g/mol. The Morgan fingerprint density at radius 3 is 2.94 bits per heavy atom. The minimum atomic E-state index is -0.602. The van der Waals surface area contributed by atoms with E-state index >= 15 is 0 Å². The van der Waals surface area contributed by atoms with Crippen molar-refractivity contribution in [2.24, 2.45) is 5.73 Å². The number of anilines is 1. The van der Waals surface area contributed by atoms with E-state index < -0.39 is 6.04 Å². The standard InChI is InChI=1S/C11H13BrN2O3/c1-16-2-3-17-9-5-8-6(4-7(9)12)10(13)11(15)14-8/h4-5,10H,2-3,13H2,1H3,(H,14,15). The van der Waals surface area contributed by atoms with Crippen LogP contribution in [0.4, 0.5) is 5.69 Å². The van der Waals surface area contributed by atoms with Crippen LogP contribution in [0.5, 0.6) is 5.75 Å². The number of hydrogen-bond donors (Lipinski definition) is 2. The first kappa shape index (κ1) is 12.3. The second kappa shape index (κ2) is 5.03. The van der Waals surface area contributed by atoms with Crippen molar-refractivity contribution in [3.63, 3.8) is 0 Å². The first-order valence-corrected chi connectivity index (χ1v) is 5.94. The van der Waals surface area contributed by atoms with Crippen molar-refractivity contribution >= 4 is 27.5 Å². The van der Waals surface area contributed by atoms with Gasteiger partial charge in [0, 0.05) is 24.4 Å². The lowest BCUT2D eigenvalue weighted by Crippen LogP contribution is -2.19. The third-order valence-electron chi connectivity index (χ3n) is 2.52. The van der Waals surface area contributed by atoms with Gasteiger partial charge in [-0.1, -0.05) is 0 Å². The highest BCUT2D eigenvalue weighted by molar-refractivity contribution is 9.10. The molecule has 1 heterocycles. The highest BCUT2D eigenvalue weighted by Crippen LogP contribution is 2.37. The molecule has 0 aromatic heterocycles. The van der Waals surface area contributed by atoms with Crippen LogP contribution in [-0.4, -0.2) is 26.2 Å². The van der Waals surface area contributed by atoms with E-state index in [0.29, 0.717) is 24.7 Å². The molecule has 0 saturated heterocycles. The fraction of sp³-hybridized carbons (Fsp3) is 0.364. The van der Waals surface area contributed by atoms with Gasteiger partial charge in [0.25, 0.3) is 0 Å². The Labute approximate surface area is 107 Å². The molecule has 1 amide bonds. The number of methoxy groups -OCH3 is 1. The number of rotatable bonds is 4. The molecule has 0 saturated carbocycles. The van der Waals surface area contributed by atoms with Crippen LogP contribution in [-0.2, 0) is 9.53 Å². The molecule has 17 heavy (non-hydrogen) atoms. The molecule has 1 aromatic rings. The summed E-state index contributed by atoms with van der Waals surface area (Å²) >= 11 is 3.39. The summed E-state index contributed by atoms with van der Waals surface area (Å²) in [7, 11) is 1.61. The zero-order valence-corrected chi connectivity index (χ0v) is 10.9. The van der Waals surface area contributed by atoms with Gasteiger partial charge in [-0.3, -0.25) is 4.79 Å². The average molecular weight is 301 g/mol. The third kappa shape index (κ3) is 2.43. The predicted octanol–water partition coefficient (Wildman–Crippen LogP) is 1.43. The molecule has 1 aliphatic rings. The average Bonchev–Trinajstić information content (AvgIpc) is 2.56. The molecule has 0 radical (unpaired) electrons. The molecule has 0 spiro atoms. The molecule has 6 heteroatoms.